The van der Waals surface area contributed by atoms with E-state index in [0.717, 1.165) is 0 Å². The Balaban J connectivity index is 2.08. The minimum Gasteiger partial charge on any atom is -0.495 e. The largest absolute Gasteiger partial charge is 0.495 e. The van der Waals surface area contributed by atoms with E-state index in [9.17, 15) is 14.0 Å². The number of halogens is 1. The Kier molecular flexibility index (Phi) is 5.54. The number of para-hydroxylation sites is 2. The smallest absolute Gasteiger partial charge is 0.283 e. The predicted octanol–water partition coefficient (Wildman–Crippen LogP) is 3.44. The normalized spacial score (nSPS) is 10.8. The third-order valence-corrected chi connectivity index (χ3v) is 4.18. The van der Waals surface area contributed by atoms with E-state index in [1.165, 1.54) is 53.2 Å². The third kappa shape index (κ3) is 3.78. The molecule has 2 aromatic carbocycles. The van der Waals surface area contributed by atoms with E-state index < -0.39 is 11.3 Å². The van der Waals surface area contributed by atoms with Crippen LogP contribution >= 0.6 is 0 Å². The summed E-state index contributed by atoms with van der Waals surface area (Å²) in [5.41, 5.74) is 0.350. The van der Waals surface area contributed by atoms with Crippen LogP contribution in [0.25, 0.3) is 5.69 Å². The van der Waals surface area contributed by atoms with Crippen molar-refractivity contribution in [3.05, 3.63) is 82.5 Å². The SMILES string of the molecule is COc1ccccc1N(C(=O)c1nn(-c2ccc(F)cc2)ccc1=O)C(C)C. The van der Waals surface area contributed by atoms with Crippen LogP contribution in [0.2, 0.25) is 0 Å². The van der Waals surface area contributed by atoms with Gasteiger partial charge >= 0.3 is 0 Å². The van der Waals surface area contributed by atoms with E-state index in [1.54, 1.807) is 24.3 Å². The number of hydrogen-bond donors (Lipinski definition) is 0. The molecule has 0 saturated carbocycles. The first-order chi connectivity index (χ1) is 13.4. The van der Waals surface area contributed by atoms with Crippen LogP contribution in [0.1, 0.15) is 24.3 Å². The molecule has 0 aliphatic carbocycles. The highest BCUT2D eigenvalue weighted by atomic mass is 19.1. The number of benzene rings is 2. The number of carbonyl (C=O) groups is 1. The zero-order chi connectivity index (χ0) is 20.3. The third-order valence-electron chi connectivity index (χ3n) is 4.18. The van der Waals surface area contributed by atoms with Crippen LogP contribution in [0.4, 0.5) is 10.1 Å². The van der Waals surface area contributed by atoms with E-state index in [2.05, 4.69) is 5.10 Å². The molecule has 0 unspecified atom stereocenters. The number of anilines is 1. The first-order valence-corrected chi connectivity index (χ1v) is 8.75. The van der Waals surface area contributed by atoms with Crippen molar-refractivity contribution in [2.75, 3.05) is 12.0 Å². The summed E-state index contributed by atoms with van der Waals surface area (Å²) >= 11 is 0. The molecule has 0 atom stereocenters. The zero-order valence-electron chi connectivity index (χ0n) is 15.8. The quantitative estimate of drug-likeness (QED) is 0.679. The van der Waals surface area contributed by atoms with Crippen LogP contribution < -0.4 is 15.1 Å². The molecule has 3 rings (SSSR count). The van der Waals surface area contributed by atoms with Crippen molar-refractivity contribution >= 4 is 11.6 Å². The highest BCUT2D eigenvalue weighted by molar-refractivity contribution is 6.05. The van der Waals surface area contributed by atoms with Crippen molar-refractivity contribution in [2.24, 2.45) is 0 Å². The number of methoxy groups -OCH3 is 1. The van der Waals surface area contributed by atoms with E-state index in [-0.39, 0.29) is 17.6 Å². The number of carbonyl (C=O) groups excluding carboxylic acids is 1. The highest BCUT2D eigenvalue weighted by Gasteiger charge is 2.26. The number of hydrogen-bond acceptors (Lipinski definition) is 4. The fourth-order valence-corrected chi connectivity index (χ4v) is 2.86. The van der Waals surface area contributed by atoms with Gasteiger partial charge in [0.2, 0.25) is 5.43 Å². The Hall–Kier alpha value is -3.48. The molecule has 144 valence electrons. The summed E-state index contributed by atoms with van der Waals surface area (Å²) in [6.45, 7) is 3.68. The second kappa shape index (κ2) is 8.04. The van der Waals surface area contributed by atoms with Crippen LogP contribution in [0, 0.1) is 5.82 Å². The van der Waals surface area contributed by atoms with Gasteiger partial charge in [0.1, 0.15) is 11.6 Å². The molecule has 1 aromatic heterocycles. The van der Waals surface area contributed by atoms with Gasteiger partial charge in [-0.3, -0.25) is 9.59 Å². The molecule has 3 aromatic rings. The summed E-state index contributed by atoms with van der Waals surface area (Å²) < 4.78 is 19.9. The van der Waals surface area contributed by atoms with Gasteiger partial charge in [0.25, 0.3) is 5.91 Å². The van der Waals surface area contributed by atoms with Gasteiger partial charge in [0.05, 0.1) is 18.5 Å². The number of aromatic nitrogens is 2. The van der Waals surface area contributed by atoms with Crippen molar-refractivity contribution in [3.8, 4) is 11.4 Å². The van der Waals surface area contributed by atoms with Crippen LogP contribution in [-0.4, -0.2) is 28.8 Å². The van der Waals surface area contributed by atoms with Crippen LogP contribution in [0.3, 0.4) is 0 Å². The molecule has 7 heteroatoms. The second-order valence-corrected chi connectivity index (χ2v) is 6.39. The molecule has 0 aliphatic heterocycles. The van der Waals surface area contributed by atoms with Gasteiger partial charge in [-0.25, -0.2) is 9.07 Å². The van der Waals surface area contributed by atoms with Gasteiger partial charge < -0.3 is 9.64 Å². The Morgan fingerprint density at radius 2 is 1.79 bits per heavy atom. The van der Waals surface area contributed by atoms with E-state index in [1.807, 2.05) is 13.8 Å². The molecule has 0 N–H and O–H groups in total. The molecule has 1 heterocycles. The second-order valence-electron chi connectivity index (χ2n) is 6.39. The van der Waals surface area contributed by atoms with Crippen LogP contribution in [0.15, 0.2) is 65.6 Å². The van der Waals surface area contributed by atoms with Gasteiger partial charge in [-0.1, -0.05) is 12.1 Å². The number of amides is 1. The lowest BCUT2D eigenvalue weighted by atomic mass is 10.2. The molecule has 1 amide bonds. The molecule has 6 nitrogen and oxygen atoms in total. The summed E-state index contributed by atoms with van der Waals surface area (Å²) in [5, 5.41) is 4.21. The molecular formula is C21H20FN3O3. The molecule has 0 saturated heterocycles. The summed E-state index contributed by atoms with van der Waals surface area (Å²) in [4.78, 5) is 27.1. The van der Waals surface area contributed by atoms with Gasteiger partial charge in [0.15, 0.2) is 5.69 Å². The maximum absolute atomic E-state index is 13.2. The van der Waals surface area contributed by atoms with Gasteiger partial charge in [-0.2, -0.15) is 5.10 Å². The number of ether oxygens (including phenoxy) is 1. The first-order valence-electron chi connectivity index (χ1n) is 8.75. The Morgan fingerprint density at radius 3 is 2.43 bits per heavy atom. The first kappa shape index (κ1) is 19.3. The minimum atomic E-state index is -0.541. The fraction of sp³-hybridized carbons (Fsp3) is 0.190. The van der Waals surface area contributed by atoms with Crippen molar-refractivity contribution in [2.45, 2.75) is 19.9 Å². The van der Waals surface area contributed by atoms with Crippen molar-refractivity contribution in [1.82, 2.24) is 9.78 Å². The lowest BCUT2D eigenvalue weighted by Gasteiger charge is -2.27. The monoisotopic (exact) mass is 381 g/mol. The van der Waals surface area contributed by atoms with E-state index >= 15 is 0 Å². The number of rotatable bonds is 5. The summed E-state index contributed by atoms with van der Waals surface area (Å²) in [6.07, 6.45) is 1.44. The van der Waals surface area contributed by atoms with Gasteiger partial charge in [0, 0.05) is 18.3 Å². The topological polar surface area (TPSA) is 64.4 Å². The van der Waals surface area contributed by atoms with Gasteiger partial charge in [-0.15, -0.1) is 0 Å². The Labute approximate surface area is 161 Å². The van der Waals surface area contributed by atoms with Crippen LogP contribution in [0.5, 0.6) is 5.75 Å². The molecule has 28 heavy (non-hydrogen) atoms. The maximum atomic E-state index is 13.2. The average Bonchev–Trinajstić information content (AvgIpc) is 2.69. The summed E-state index contributed by atoms with van der Waals surface area (Å²) in [5.74, 6) is -0.413. The lowest BCUT2D eigenvalue weighted by molar-refractivity contribution is 0.0972. The maximum Gasteiger partial charge on any atom is 0.283 e. The summed E-state index contributed by atoms with van der Waals surface area (Å²) in [6, 6.07) is 13.7. The average molecular weight is 381 g/mol. The van der Waals surface area contributed by atoms with Crippen molar-refractivity contribution < 1.29 is 13.9 Å². The van der Waals surface area contributed by atoms with Gasteiger partial charge in [-0.05, 0) is 50.2 Å². The Bertz CT molecular complexity index is 1050. The number of nitrogens with zero attached hydrogens (tertiary/aromatic N) is 3. The summed E-state index contributed by atoms with van der Waals surface area (Å²) in [7, 11) is 1.52. The minimum absolute atomic E-state index is 0.230. The molecular weight excluding hydrogens is 361 g/mol. The highest BCUT2D eigenvalue weighted by Crippen LogP contribution is 2.30. The Morgan fingerprint density at radius 1 is 1.11 bits per heavy atom. The standard InChI is InChI=1S/C21H20FN3O3/c1-14(2)25(17-6-4-5-7-19(17)28-3)21(27)20-18(26)12-13-24(23-20)16-10-8-15(22)9-11-16/h4-14H,1-3H3. The van der Waals surface area contributed by atoms with Crippen molar-refractivity contribution in [3.63, 3.8) is 0 Å². The zero-order valence-corrected chi connectivity index (χ0v) is 15.8. The van der Waals surface area contributed by atoms with Crippen LogP contribution in [-0.2, 0) is 0 Å². The predicted molar refractivity (Wildman–Crippen MR) is 105 cm³/mol. The molecule has 0 bridgehead atoms. The molecule has 0 fully saturated rings. The fourth-order valence-electron chi connectivity index (χ4n) is 2.86. The molecule has 0 radical (unpaired) electrons. The lowest BCUT2D eigenvalue weighted by Crippen LogP contribution is -2.40. The molecule has 0 spiro atoms. The molecule has 0 aliphatic rings. The van der Waals surface area contributed by atoms with Crippen molar-refractivity contribution in [1.29, 1.82) is 0 Å². The van der Waals surface area contributed by atoms with E-state index in [0.29, 0.717) is 17.1 Å². The van der Waals surface area contributed by atoms with E-state index in [4.69, 9.17) is 4.74 Å².